The largest absolute Gasteiger partial charge is 0.462 e. The molecule has 0 spiro atoms. The summed E-state index contributed by atoms with van der Waals surface area (Å²) in [4.78, 5) is 28.5. The summed E-state index contributed by atoms with van der Waals surface area (Å²) in [6.45, 7) is 6.81. The zero-order chi connectivity index (χ0) is 17.0. The van der Waals surface area contributed by atoms with E-state index in [2.05, 4.69) is 24.2 Å². The molecule has 23 heavy (non-hydrogen) atoms. The molecule has 5 nitrogen and oxygen atoms in total. The second kappa shape index (κ2) is 7.59. The maximum absolute atomic E-state index is 12.3. The molecule has 1 heterocycles. The topological polar surface area (TPSA) is 67.8 Å². The normalized spacial score (nSPS) is 20.2. The lowest BCUT2D eigenvalue weighted by Crippen LogP contribution is -2.36. The lowest BCUT2D eigenvalue weighted by molar-refractivity contribution is -0.140. The fraction of sp³-hybridized carbons (Fsp3) is 0.471. The maximum atomic E-state index is 12.3. The van der Waals surface area contributed by atoms with Crippen molar-refractivity contribution in [1.29, 1.82) is 0 Å². The van der Waals surface area contributed by atoms with Gasteiger partial charge < -0.3 is 10.1 Å². The Bertz CT molecular complexity index is 630. The number of esters is 1. The zero-order valence-electron chi connectivity index (χ0n) is 13.6. The lowest BCUT2D eigenvalue weighted by Gasteiger charge is -2.27. The van der Waals surface area contributed by atoms with Crippen molar-refractivity contribution in [3.63, 3.8) is 0 Å². The Labute approximate surface area is 141 Å². The first kappa shape index (κ1) is 17.5. The van der Waals surface area contributed by atoms with Gasteiger partial charge in [-0.1, -0.05) is 31.5 Å². The van der Waals surface area contributed by atoms with Gasteiger partial charge in [0.05, 0.1) is 18.2 Å². The van der Waals surface area contributed by atoms with E-state index >= 15 is 0 Å². The van der Waals surface area contributed by atoms with Crippen LogP contribution < -0.4 is 5.32 Å². The first-order chi connectivity index (χ1) is 10.9. The molecule has 0 aromatic carbocycles. The number of halogens is 1. The van der Waals surface area contributed by atoms with Gasteiger partial charge in [0, 0.05) is 17.3 Å². The highest BCUT2D eigenvalue weighted by atomic mass is 35.5. The first-order valence-electron chi connectivity index (χ1n) is 7.77. The summed E-state index contributed by atoms with van der Waals surface area (Å²) in [5, 5.41) is 3.75. The number of aliphatic imine (C=N–C) groups is 1. The molecule has 1 unspecified atom stereocenters. The van der Waals surface area contributed by atoms with Crippen LogP contribution in [0.15, 0.2) is 39.5 Å². The number of carbonyl (C=O) groups is 2. The van der Waals surface area contributed by atoms with Gasteiger partial charge in [-0.15, -0.1) is 0 Å². The average molecular weight is 337 g/mol. The fourth-order valence-corrected chi connectivity index (χ4v) is 2.63. The van der Waals surface area contributed by atoms with Crippen LogP contribution in [-0.2, 0) is 14.3 Å². The molecular formula is C17H21ClN2O3. The molecule has 124 valence electrons. The molecule has 6 heteroatoms. The molecular weight excluding hydrogens is 316 g/mol. The van der Waals surface area contributed by atoms with Crippen LogP contribution in [0.2, 0.25) is 0 Å². The molecule has 0 fully saturated rings. The molecule has 0 saturated heterocycles. The van der Waals surface area contributed by atoms with Crippen LogP contribution in [0.3, 0.4) is 0 Å². The van der Waals surface area contributed by atoms with Gasteiger partial charge in [0.2, 0.25) is 0 Å². The Morgan fingerprint density at radius 3 is 2.87 bits per heavy atom. The molecule has 1 amide bonds. The van der Waals surface area contributed by atoms with Crippen molar-refractivity contribution in [3.8, 4) is 0 Å². The van der Waals surface area contributed by atoms with Crippen LogP contribution in [0, 0.1) is 11.8 Å². The van der Waals surface area contributed by atoms with Crippen LogP contribution in [0.25, 0.3) is 0 Å². The SMILES string of the molecule is CCOC(=O)C1=C(NCCC(C)C)C2C=CC(Cl)=CC2=NC1=O. The molecule has 0 aromatic heterocycles. The molecule has 0 aromatic rings. The van der Waals surface area contributed by atoms with Crippen LogP contribution in [-0.4, -0.2) is 30.7 Å². The molecule has 2 aliphatic rings. The number of hydrogen-bond acceptors (Lipinski definition) is 4. The van der Waals surface area contributed by atoms with Gasteiger partial charge >= 0.3 is 5.97 Å². The minimum atomic E-state index is -0.638. The average Bonchev–Trinajstić information content (AvgIpc) is 2.46. The van der Waals surface area contributed by atoms with Crippen molar-refractivity contribution in [3.05, 3.63) is 34.5 Å². The maximum Gasteiger partial charge on any atom is 0.345 e. The number of allylic oxidation sites excluding steroid dienone is 4. The highest BCUT2D eigenvalue weighted by Gasteiger charge is 2.35. The van der Waals surface area contributed by atoms with E-state index in [-0.39, 0.29) is 18.1 Å². The molecule has 1 N–H and O–H groups in total. The van der Waals surface area contributed by atoms with E-state index in [9.17, 15) is 9.59 Å². The number of nitrogens with one attached hydrogen (secondary N) is 1. The Kier molecular flexibility index (Phi) is 5.77. The molecule has 0 saturated carbocycles. The Hall–Kier alpha value is -1.88. The number of rotatable bonds is 6. The Morgan fingerprint density at radius 2 is 2.22 bits per heavy atom. The third kappa shape index (κ3) is 4.10. The second-order valence-corrected chi connectivity index (χ2v) is 6.26. The summed E-state index contributed by atoms with van der Waals surface area (Å²) >= 11 is 5.98. The number of dihydropyridines is 1. The molecule has 1 aliphatic heterocycles. The molecule has 1 atom stereocenters. The first-order valence-corrected chi connectivity index (χ1v) is 8.15. The highest BCUT2D eigenvalue weighted by molar-refractivity contribution is 6.34. The highest BCUT2D eigenvalue weighted by Crippen LogP contribution is 2.29. The van der Waals surface area contributed by atoms with E-state index in [4.69, 9.17) is 16.3 Å². The van der Waals surface area contributed by atoms with Crippen molar-refractivity contribution in [1.82, 2.24) is 5.32 Å². The van der Waals surface area contributed by atoms with Crippen LogP contribution >= 0.6 is 11.6 Å². The van der Waals surface area contributed by atoms with Crippen molar-refractivity contribution >= 4 is 29.2 Å². The summed E-state index contributed by atoms with van der Waals surface area (Å²) in [7, 11) is 0. The molecule has 0 radical (unpaired) electrons. The number of hydrogen-bond donors (Lipinski definition) is 1. The van der Waals surface area contributed by atoms with Crippen LogP contribution in [0.5, 0.6) is 0 Å². The van der Waals surface area contributed by atoms with Gasteiger partial charge in [-0.25, -0.2) is 9.79 Å². The third-order valence-electron chi connectivity index (χ3n) is 3.59. The van der Waals surface area contributed by atoms with Gasteiger partial charge in [-0.3, -0.25) is 4.79 Å². The predicted molar refractivity (Wildman–Crippen MR) is 90.1 cm³/mol. The molecule has 1 aliphatic carbocycles. The van der Waals surface area contributed by atoms with E-state index < -0.39 is 11.9 Å². The Morgan fingerprint density at radius 1 is 1.48 bits per heavy atom. The Balaban J connectivity index is 2.35. The second-order valence-electron chi connectivity index (χ2n) is 5.83. The monoisotopic (exact) mass is 336 g/mol. The predicted octanol–water partition coefficient (Wildman–Crippen LogP) is 2.73. The zero-order valence-corrected chi connectivity index (χ0v) is 14.3. The smallest absolute Gasteiger partial charge is 0.345 e. The van der Waals surface area contributed by atoms with Crippen molar-refractivity contribution in [2.45, 2.75) is 27.2 Å². The van der Waals surface area contributed by atoms with E-state index in [0.717, 1.165) is 6.42 Å². The third-order valence-corrected chi connectivity index (χ3v) is 3.83. The van der Waals surface area contributed by atoms with Gasteiger partial charge in [0.25, 0.3) is 5.91 Å². The van der Waals surface area contributed by atoms with Crippen molar-refractivity contribution in [2.24, 2.45) is 16.8 Å². The van der Waals surface area contributed by atoms with Gasteiger partial charge in [0.15, 0.2) is 0 Å². The van der Waals surface area contributed by atoms with E-state index in [0.29, 0.717) is 28.9 Å². The number of nitrogens with zero attached hydrogens (tertiary/aromatic N) is 1. The van der Waals surface area contributed by atoms with E-state index in [1.54, 1.807) is 19.1 Å². The van der Waals surface area contributed by atoms with Crippen LogP contribution in [0.1, 0.15) is 27.2 Å². The lowest BCUT2D eigenvalue weighted by atomic mass is 9.88. The summed E-state index contributed by atoms with van der Waals surface area (Å²) in [6.07, 6.45) is 6.15. The van der Waals surface area contributed by atoms with Crippen molar-refractivity contribution < 1.29 is 14.3 Å². The van der Waals surface area contributed by atoms with E-state index in [1.807, 2.05) is 6.08 Å². The van der Waals surface area contributed by atoms with Gasteiger partial charge in [-0.05, 0) is 31.4 Å². The summed E-state index contributed by atoms with van der Waals surface area (Å²) < 4.78 is 5.02. The number of amides is 1. The minimum absolute atomic E-state index is 0.0135. The summed E-state index contributed by atoms with van der Waals surface area (Å²) in [5.74, 6) is -0.987. The molecule has 0 bridgehead atoms. The minimum Gasteiger partial charge on any atom is -0.462 e. The number of fused-ring (bicyclic) bond motifs is 1. The standard InChI is InChI=1S/C17H21ClN2O3/c1-4-23-17(22)14-15(19-8-7-10(2)3)12-6-5-11(18)9-13(12)20-16(14)21/h5-6,9-10,12,19H,4,7-8H2,1-3H3. The molecule has 2 rings (SSSR count). The van der Waals surface area contributed by atoms with Gasteiger partial charge in [0.1, 0.15) is 5.57 Å². The summed E-state index contributed by atoms with van der Waals surface area (Å²) in [5.41, 5.74) is 1.08. The van der Waals surface area contributed by atoms with Crippen molar-refractivity contribution in [2.75, 3.05) is 13.2 Å². The van der Waals surface area contributed by atoms with Gasteiger partial charge in [-0.2, -0.15) is 0 Å². The quantitative estimate of drug-likeness (QED) is 0.598. The summed E-state index contributed by atoms with van der Waals surface area (Å²) in [6, 6.07) is 0. The number of ether oxygens (including phenoxy) is 1. The number of carbonyl (C=O) groups excluding carboxylic acids is 2. The van der Waals surface area contributed by atoms with E-state index in [1.165, 1.54) is 0 Å². The van der Waals surface area contributed by atoms with Crippen LogP contribution in [0.4, 0.5) is 0 Å². The fourth-order valence-electron chi connectivity index (χ4n) is 2.45.